The quantitative estimate of drug-likeness (QED) is 0.288. The lowest BCUT2D eigenvalue weighted by Crippen LogP contribution is -1.99. The summed E-state index contributed by atoms with van der Waals surface area (Å²) in [5.41, 5.74) is 10.1. The van der Waals surface area contributed by atoms with Gasteiger partial charge in [-0.15, -0.1) is 0 Å². The SMILES string of the molecule is CCCCCCCn1ccc2c(C)nc3c(-c4c(C)cc(C)cc4C)cccc3c21. The third-order valence-corrected chi connectivity index (χ3v) is 6.37. The van der Waals surface area contributed by atoms with Gasteiger partial charge in [-0.05, 0) is 56.9 Å². The van der Waals surface area contributed by atoms with E-state index in [1.54, 1.807) is 0 Å². The molecule has 156 valence electrons. The number of nitrogens with zero attached hydrogens (tertiary/aromatic N) is 2. The molecule has 0 spiro atoms. The predicted octanol–water partition coefficient (Wildman–Crippen LogP) is 8.06. The smallest absolute Gasteiger partial charge is 0.0805 e. The maximum atomic E-state index is 5.11. The Morgan fingerprint density at radius 1 is 0.833 bits per heavy atom. The van der Waals surface area contributed by atoms with Crippen LogP contribution in [0.1, 0.15) is 61.4 Å². The molecule has 0 radical (unpaired) electrons. The van der Waals surface area contributed by atoms with Crippen LogP contribution < -0.4 is 0 Å². The molecule has 2 aromatic heterocycles. The highest BCUT2D eigenvalue weighted by molar-refractivity contribution is 6.09. The van der Waals surface area contributed by atoms with E-state index in [4.69, 9.17) is 4.98 Å². The summed E-state index contributed by atoms with van der Waals surface area (Å²) < 4.78 is 2.46. The van der Waals surface area contributed by atoms with E-state index in [2.05, 4.69) is 81.8 Å². The zero-order valence-electron chi connectivity index (χ0n) is 19.2. The Labute approximate surface area is 181 Å². The first-order valence-corrected chi connectivity index (χ1v) is 11.5. The third-order valence-electron chi connectivity index (χ3n) is 6.37. The minimum Gasteiger partial charge on any atom is -0.347 e. The van der Waals surface area contributed by atoms with E-state index >= 15 is 0 Å². The van der Waals surface area contributed by atoms with Crippen LogP contribution in [0.3, 0.4) is 0 Å². The number of rotatable bonds is 7. The Balaban J connectivity index is 1.85. The van der Waals surface area contributed by atoms with Gasteiger partial charge in [-0.2, -0.15) is 0 Å². The molecule has 30 heavy (non-hydrogen) atoms. The standard InChI is InChI=1S/C28H34N2/c1-6-7-8-9-10-15-30-16-14-23-22(5)29-27-24(12-11-13-25(27)28(23)30)26-20(3)17-19(2)18-21(26)4/h11-14,16-18H,6-10,15H2,1-5H3. The number of pyridine rings is 1. The Morgan fingerprint density at radius 3 is 2.30 bits per heavy atom. The molecule has 0 aliphatic carbocycles. The van der Waals surface area contributed by atoms with E-state index in [9.17, 15) is 0 Å². The summed E-state index contributed by atoms with van der Waals surface area (Å²) in [5.74, 6) is 0. The van der Waals surface area contributed by atoms with Gasteiger partial charge in [0.15, 0.2) is 0 Å². The van der Waals surface area contributed by atoms with Crippen molar-refractivity contribution in [2.75, 3.05) is 0 Å². The summed E-state index contributed by atoms with van der Waals surface area (Å²) in [5, 5.41) is 2.55. The summed E-state index contributed by atoms with van der Waals surface area (Å²) in [7, 11) is 0. The molecule has 0 saturated carbocycles. The van der Waals surface area contributed by atoms with E-state index in [0.29, 0.717) is 0 Å². The number of hydrogen-bond acceptors (Lipinski definition) is 1. The van der Waals surface area contributed by atoms with Gasteiger partial charge in [-0.3, -0.25) is 4.98 Å². The van der Waals surface area contributed by atoms with Crippen LogP contribution in [0, 0.1) is 27.7 Å². The van der Waals surface area contributed by atoms with Crippen LogP contribution in [-0.2, 0) is 6.54 Å². The van der Waals surface area contributed by atoms with E-state index in [1.807, 2.05) is 0 Å². The van der Waals surface area contributed by atoms with Crippen molar-refractivity contribution in [1.82, 2.24) is 9.55 Å². The van der Waals surface area contributed by atoms with Crippen molar-refractivity contribution < 1.29 is 0 Å². The predicted molar refractivity (Wildman–Crippen MR) is 130 cm³/mol. The average Bonchev–Trinajstić information content (AvgIpc) is 3.13. The molecule has 4 rings (SSSR count). The van der Waals surface area contributed by atoms with E-state index in [1.165, 1.54) is 76.2 Å². The first-order valence-electron chi connectivity index (χ1n) is 11.5. The van der Waals surface area contributed by atoms with Gasteiger partial charge in [0.05, 0.1) is 11.0 Å². The minimum atomic E-state index is 1.08. The van der Waals surface area contributed by atoms with Crippen molar-refractivity contribution >= 4 is 21.8 Å². The van der Waals surface area contributed by atoms with Crippen LogP contribution >= 0.6 is 0 Å². The summed E-state index contributed by atoms with van der Waals surface area (Å²) in [6, 6.07) is 13.5. The van der Waals surface area contributed by atoms with Crippen molar-refractivity contribution in [3.63, 3.8) is 0 Å². The van der Waals surface area contributed by atoms with Crippen molar-refractivity contribution in [3.8, 4) is 11.1 Å². The topological polar surface area (TPSA) is 17.8 Å². The second-order valence-corrected chi connectivity index (χ2v) is 8.86. The number of para-hydroxylation sites is 1. The molecule has 2 aromatic carbocycles. The zero-order chi connectivity index (χ0) is 21.3. The van der Waals surface area contributed by atoms with E-state index in [-0.39, 0.29) is 0 Å². The number of hydrogen-bond donors (Lipinski definition) is 0. The van der Waals surface area contributed by atoms with Crippen LogP contribution in [0.15, 0.2) is 42.6 Å². The molecule has 2 heterocycles. The number of benzene rings is 2. The molecule has 0 N–H and O–H groups in total. The van der Waals surface area contributed by atoms with Gasteiger partial charge in [0.2, 0.25) is 0 Å². The van der Waals surface area contributed by atoms with Crippen LogP contribution in [0.5, 0.6) is 0 Å². The normalized spacial score (nSPS) is 11.6. The second-order valence-electron chi connectivity index (χ2n) is 8.86. The van der Waals surface area contributed by atoms with Crippen molar-refractivity contribution in [2.24, 2.45) is 0 Å². The number of unbranched alkanes of at least 4 members (excludes halogenated alkanes) is 4. The van der Waals surface area contributed by atoms with Gasteiger partial charge in [0.1, 0.15) is 0 Å². The van der Waals surface area contributed by atoms with Crippen molar-refractivity contribution in [3.05, 3.63) is 65.0 Å². The van der Waals surface area contributed by atoms with Crippen LogP contribution in [0.4, 0.5) is 0 Å². The highest BCUT2D eigenvalue weighted by atomic mass is 15.0. The van der Waals surface area contributed by atoms with Crippen LogP contribution in [0.25, 0.3) is 32.9 Å². The van der Waals surface area contributed by atoms with Crippen molar-refractivity contribution in [2.45, 2.75) is 73.3 Å². The monoisotopic (exact) mass is 398 g/mol. The molecule has 0 atom stereocenters. The molecular weight excluding hydrogens is 364 g/mol. The van der Waals surface area contributed by atoms with Gasteiger partial charge in [0, 0.05) is 34.8 Å². The fourth-order valence-electron chi connectivity index (χ4n) is 5.03. The number of aryl methyl sites for hydroxylation is 5. The number of aromatic nitrogens is 2. The molecule has 2 heteroatoms. The second kappa shape index (κ2) is 8.63. The van der Waals surface area contributed by atoms with E-state index in [0.717, 1.165) is 17.8 Å². The lowest BCUT2D eigenvalue weighted by atomic mass is 9.92. The number of fused-ring (bicyclic) bond motifs is 3. The maximum Gasteiger partial charge on any atom is 0.0805 e. The highest BCUT2D eigenvalue weighted by Crippen LogP contribution is 2.36. The van der Waals surface area contributed by atoms with Gasteiger partial charge in [-0.1, -0.05) is 68.5 Å². The molecule has 0 saturated heterocycles. The van der Waals surface area contributed by atoms with Crippen LogP contribution in [0.2, 0.25) is 0 Å². The molecular formula is C28H34N2. The molecule has 0 fully saturated rings. The molecule has 0 aliphatic heterocycles. The lowest BCUT2D eigenvalue weighted by Gasteiger charge is -2.16. The maximum absolute atomic E-state index is 5.11. The van der Waals surface area contributed by atoms with E-state index < -0.39 is 0 Å². The molecule has 0 amide bonds. The Bertz CT molecular complexity index is 1170. The summed E-state index contributed by atoms with van der Waals surface area (Å²) in [6.07, 6.45) is 8.78. The van der Waals surface area contributed by atoms with Gasteiger partial charge >= 0.3 is 0 Å². The molecule has 0 bridgehead atoms. The Hall–Kier alpha value is -2.61. The summed E-state index contributed by atoms with van der Waals surface area (Å²) in [4.78, 5) is 5.11. The largest absolute Gasteiger partial charge is 0.347 e. The fourth-order valence-corrected chi connectivity index (χ4v) is 5.03. The van der Waals surface area contributed by atoms with Gasteiger partial charge < -0.3 is 4.57 Å². The summed E-state index contributed by atoms with van der Waals surface area (Å²) in [6.45, 7) is 12.1. The van der Waals surface area contributed by atoms with Crippen LogP contribution in [-0.4, -0.2) is 9.55 Å². The molecule has 2 nitrogen and oxygen atoms in total. The molecule has 0 unspecified atom stereocenters. The summed E-state index contributed by atoms with van der Waals surface area (Å²) >= 11 is 0. The molecule has 4 aromatic rings. The van der Waals surface area contributed by atoms with Gasteiger partial charge in [-0.25, -0.2) is 0 Å². The molecule has 0 aliphatic rings. The average molecular weight is 399 g/mol. The highest BCUT2D eigenvalue weighted by Gasteiger charge is 2.16. The fraction of sp³-hybridized carbons (Fsp3) is 0.393. The van der Waals surface area contributed by atoms with Gasteiger partial charge in [0.25, 0.3) is 0 Å². The Kier molecular flexibility index (Phi) is 5.94. The first kappa shape index (κ1) is 20.7. The zero-order valence-corrected chi connectivity index (χ0v) is 19.2. The first-order chi connectivity index (χ1) is 14.5. The van der Waals surface area contributed by atoms with Crippen molar-refractivity contribution in [1.29, 1.82) is 0 Å². The Morgan fingerprint density at radius 2 is 1.57 bits per heavy atom. The lowest BCUT2D eigenvalue weighted by molar-refractivity contribution is 0.578. The third kappa shape index (κ3) is 3.76. The minimum absolute atomic E-state index is 1.08.